The summed E-state index contributed by atoms with van der Waals surface area (Å²) < 4.78 is 11.0. The average molecular weight is 501 g/mol. The van der Waals surface area contributed by atoms with Crippen LogP contribution in [0.25, 0.3) is 10.6 Å². The molecule has 8 heteroatoms. The predicted octanol–water partition coefficient (Wildman–Crippen LogP) is 5.89. The van der Waals surface area contributed by atoms with Crippen molar-refractivity contribution in [2.24, 2.45) is 0 Å². The van der Waals surface area contributed by atoms with E-state index in [1.165, 1.54) is 22.5 Å². The third-order valence-corrected chi connectivity index (χ3v) is 7.19. The number of aliphatic hydroxyl groups excluding tert-OH is 1. The molecule has 36 heavy (non-hydrogen) atoms. The van der Waals surface area contributed by atoms with Crippen LogP contribution in [0.5, 0.6) is 5.75 Å². The van der Waals surface area contributed by atoms with E-state index in [0.29, 0.717) is 39.3 Å². The highest BCUT2D eigenvalue weighted by molar-refractivity contribution is 7.17. The predicted molar refractivity (Wildman–Crippen MR) is 136 cm³/mol. The van der Waals surface area contributed by atoms with Crippen molar-refractivity contribution in [2.75, 3.05) is 6.61 Å². The Morgan fingerprint density at radius 3 is 2.53 bits per heavy atom. The lowest BCUT2D eigenvalue weighted by Gasteiger charge is -2.26. The van der Waals surface area contributed by atoms with Crippen molar-refractivity contribution in [1.82, 2.24) is 9.88 Å². The molecule has 0 bridgehead atoms. The highest BCUT2D eigenvalue weighted by Crippen LogP contribution is 2.42. The van der Waals surface area contributed by atoms with Crippen LogP contribution in [-0.2, 0) is 11.3 Å². The van der Waals surface area contributed by atoms with Crippen molar-refractivity contribution < 1.29 is 23.8 Å². The summed E-state index contributed by atoms with van der Waals surface area (Å²) in [5.41, 5.74) is 2.15. The van der Waals surface area contributed by atoms with E-state index >= 15 is 0 Å². The number of aryl methyl sites for hydroxylation is 1. The van der Waals surface area contributed by atoms with E-state index in [0.717, 1.165) is 5.56 Å². The van der Waals surface area contributed by atoms with Crippen LogP contribution >= 0.6 is 11.3 Å². The number of thiazole rings is 1. The summed E-state index contributed by atoms with van der Waals surface area (Å²) in [6.45, 7) is 4.27. The molecule has 0 spiro atoms. The Hall–Kier alpha value is -4.17. The molecule has 1 aliphatic rings. The SMILES string of the molecule is CCOc1ccc(C2C(C(=O)c3sc(-c4ccccc4)nc3C)=C(O)C(=O)N2Cc2ccco2)cc1. The van der Waals surface area contributed by atoms with Crippen LogP contribution in [0.1, 0.15) is 39.7 Å². The number of rotatable bonds is 8. The Bertz CT molecular complexity index is 1420. The zero-order chi connectivity index (χ0) is 25.2. The minimum Gasteiger partial charge on any atom is -0.503 e. The van der Waals surface area contributed by atoms with E-state index in [1.807, 2.05) is 37.3 Å². The van der Waals surface area contributed by atoms with Crippen LogP contribution in [0, 0.1) is 6.92 Å². The molecule has 2 aromatic heterocycles. The maximum atomic E-state index is 13.9. The number of furan rings is 1. The molecule has 1 aliphatic heterocycles. The maximum Gasteiger partial charge on any atom is 0.290 e. The van der Waals surface area contributed by atoms with Gasteiger partial charge in [-0.3, -0.25) is 9.59 Å². The molecule has 4 aromatic rings. The second kappa shape index (κ2) is 9.83. The maximum absolute atomic E-state index is 13.9. The third kappa shape index (κ3) is 4.31. The number of amides is 1. The van der Waals surface area contributed by atoms with Crippen LogP contribution in [-0.4, -0.2) is 33.3 Å². The van der Waals surface area contributed by atoms with Crippen LogP contribution in [0.2, 0.25) is 0 Å². The molecular weight excluding hydrogens is 476 g/mol. The number of ether oxygens (including phenoxy) is 1. The molecule has 0 fully saturated rings. The summed E-state index contributed by atoms with van der Waals surface area (Å²) >= 11 is 1.25. The van der Waals surface area contributed by atoms with Gasteiger partial charge in [-0.15, -0.1) is 11.3 Å². The number of Topliss-reactive ketones (excluding diaryl/α,β-unsaturated/α-hetero) is 1. The van der Waals surface area contributed by atoms with Crippen LogP contribution in [0.15, 0.2) is 88.7 Å². The minimum absolute atomic E-state index is 0.0297. The standard InChI is InChI=1S/C28H24N2O5S/c1-3-34-20-13-11-18(12-14-20)23-22(25(32)28(33)30(23)16-21-10-7-15-35-21)24(31)26-17(2)29-27(36-26)19-8-5-4-6-9-19/h4-15,23,32H,3,16H2,1-2H3. The smallest absolute Gasteiger partial charge is 0.290 e. The molecule has 0 aliphatic carbocycles. The number of hydrogen-bond donors (Lipinski definition) is 1. The van der Waals surface area contributed by atoms with Gasteiger partial charge in [0.05, 0.1) is 41.6 Å². The first-order chi connectivity index (χ1) is 17.5. The van der Waals surface area contributed by atoms with Crippen molar-refractivity contribution in [1.29, 1.82) is 0 Å². The van der Waals surface area contributed by atoms with Gasteiger partial charge < -0.3 is 19.2 Å². The fourth-order valence-electron chi connectivity index (χ4n) is 4.31. The van der Waals surface area contributed by atoms with Gasteiger partial charge in [0.15, 0.2) is 5.76 Å². The number of hydrogen-bond acceptors (Lipinski definition) is 7. The first-order valence-electron chi connectivity index (χ1n) is 11.5. The number of aliphatic hydroxyl groups is 1. The summed E-state index contributed by atoms with van der Waals surface area (Å²) in [5.74, 6) is -0.381. The Morgan fingerprint density at radius 2 is 1.86 bits per heavy atom. The average Bonchev–Trinajstić information content (AvgIpc) is 3.61. The number of benzene rings is 2. The monoisotopic (exact) mass is 500 g/mol. The Morgan fingerprint density at radius 1 is 1.11 bits per heavy atom. The molecule has 1 amide bonds. The molecule has 7 nitrogen and oxygen atoms in total. The Balaban J connectivity index is 1.56. The Labute approximate surface area is 212 Å². The summed E-state index contributed by atoms with van der Waals surface area (Å²) in [4.78, 5) is 33.6. The van der Waals surface area contributed by atoms with E-state index in [9.17, 15) is 14.7 Å². The molecular formula is C28H24N2O5S. The molecule has 0 saturated carbocycles. The molecule has 182 valence electrons. The molecule has 0 radical (unpaired) electrons. The van der Waals surface area contributed by atoms with E-state index in [4.69, 9.17) is 9.15 Å². The highest BCUT2D eigenvalue weighted by Gasteiger charge is 2.44. The van der Waals surface area contributed by atoms with E-state index < -0.39 is 23.5 Å². The molecule has 1 unspecified atom stereocenters. The lowest BCUT2D eigenvalue weighted by Crippen LogP contribution is -2.30. The van der Waals surface area contributed by atoms with Gasteiger partial charge in [-0.25, -0.2) is 4.98 Å². The van der Waals surface area contributed by atoms with Crippen LogP contribution < -0.4 is 4.74 Å². The normalized spacial score (nSPS) is 15.6. The van der Waals surface area contributed by atoms with Gasteiger partial charge in [0.25, 0.3) is 5.91 Å². The highest BCUT2D eigenvalue weighted by atomic mass is 32.1. The fraction of sp³-hybridized carbons (Fsp3) is 0.179. The molecule has 2 aromatic carbocycles. The van der Waals surface area contributed by atoms with E-state index in [2.05, 4.69) is 4.98 Å². The first kappa shape index (κ1) is 23.6. The summed E-state index contributed by atoms with van der Waals surface area (Å²) in [5, 5.41) is 11.7. The number of carbonyl (C=O) groups excluding carboxylic acids is 2. The minimum atomic E-state index is -0.799. The molecule has 3 heterocycles. The zero-order valence-corrected chi connectivity index (χ0v) is 20.6. The number of carbonyl (C=O) groups is 2. The van der Waals surface area contributed by atoms with Gasteiger partial charge in [-0.1, -0.05) is 42.5 Å². The third-order valence-electron chi connectivity index (χ3n) is 5.98. The Kier molecular flexibility index (Phi) is 6.43. The van der Waals surface area contributed by atoms with Crippen molar-refractivity contribution in [3.63, 3.8) is 0 Å². The van der Waals surface area contributed by atoms with Gasteiger partial charge >= 0.3 is 0 Å². The number of aromatic nitrogens is 1. The van der Waals surface area contributed by atoms with Crippen LogP contribution in [0.3, 0.4) is 0 Å². The van der Waals surface area contributed by atoms with Crippen molar-refractivity contribution >= 4 is 23.0 Å². The number of ketones is 1. The summed E-state index contributed by atoms with van der Waals surface area (Å²) in [7, 11) is 0. The number of nitrogens with zero attached hydrogens (tertiary/aromatic N) is 2. The van der Waals surface area contributed by atoms with Gasteiger partial charge in [0.1, 0.15) is 16.5 Å². The second-order valence-corrected chi connectivity index (χ2v) is 9.31. The largest absolute Gasteiger partial charge is 0.503 e. The van der Waals surface area contributed by atoms with Crippen molar-refractivity contribution in [2.45, 2.75) is 26.4 Å². The first-order valence-corrected chi connectivity index (χ1v) is 12.4. The molecule has 0 saturated heterocycles. The van der Waals surface area contributed by atoms with E-state index in [-0.39, 0.29) is 12.1 Å². The van der Waals surface area contributed by atoms with E-state index in [1.54, 1.807) is 43.3 Å². The van der Waals surface area contributed by atoms with Crippen molar-refractivity contribution in [3.8, 4) is 16.3 Å². The molecule has 1 N–H and O–H groups in total. The lowest BCUT2D eigenvalue weighted by molar-refractivity contribution is -0.130. The van der Waals surface area contributed by atoms with Gasteiger partial charge in [0, 0.05) is 5.56 Å². The molecule has 1 atom stereocenters. The van der Waals surface area contributed by atoms with Gasteiger partial charge in [-0.2, -0.15) is 0 Å². The zero-order valence-electron chi connectivity index (χ0n) is 19.8. The van der Waals surface area contributed by atoms with Crippen molar-refractivity contribution in [3.05, 3.63) is 106 Å². The molecule has 5 rings (SSSR count). The topological polar surface area (TPSA) is 92.9 Å². The second-order valence-electron chi connectivity index (χ2n) is 8.31. The fourth-order valence-corrected chi connectivity index (χ4v) is 5.34. The quantitative estimate of drug-likeness (QED) is 0.303. The van der Waals surface area contributed by atoms with Gasteiger partial charge in [0.2, 0.25) is 5.78 Å². The summed E-state index contributed by atoms with van der Waals surface area (Å²) in [6.07, 6.45) is 1.52. The van der Waals surface area contributed by atoms with Crippen LogP contribution in [0.4, 0.5) is 0 Å². The van der Waals surface area contributed by atoms with Gasteiger partial charge in [-0.05, 0) is 43.7 Å². The summed E-state index contributed by atoms with van der Waals surface area (Å²) in [6, 6.07) is 19.5. The lowest BCUT2D eigenvalue weighted by atomic mass is 9.95.